The lowest BCUT2D eigenvalue weighted by atomic mass is 10.0. The van der Waals surface area contributed by atoms with E-state index in [-0.39, 0.29) is 0 Å². The summed E-state index contributed by atoms with van der Waals surface area (Å²) in [6, 6.07) is 23.7. The van der Waals surface area contributed by atoms with Gasteiger partial charge in [0.15, 0.2) is 0 Å². The van der Waals surface area contributed by atoms with Crippen LogP contribution < -0.4 is 4.90 Å². The fourth-order valence-electron chi connectivity index (χ4n) is 3.96. The second-order valence-electron chi connectivity index (χ2n) is 6.89. The zero-order valence-corrected chi connectivity index (χ0v) is 15.3. The first-order valence-electron chi connectivity index (χ1n) is 9.13. The van der Waals surface area contributed by atoms with Gasteiger partial charge in [0.2, 0.25) is 0 Å². The summed E-state index contributed by atoms with van der Waals surface area (Å²) in [4.78, 5) is 2.24. The molecular formula is C25H20N2. The quantitative estimate of drug-likeness (QED) is 0.378. The van der Waals surface area contributed by atoms with Crippen molar-refractivity contribution in [2.45, 2.75) is 0 Å². The fraction of sp³-hybridized carbons (Fsp3) is 0.0400. The summed E-state index contributed by atoms with van der Waals surface area (Å²) < 4.78 is 2.26. The Morgan fingerprint density at radius 1 is 0.778 bits per heavy atom. The summed E-state index contributed by atoms with van der Waals surface area (Å²) >= 11 is 0. The van der Waals surface area contributed by atoms with Crippen LogP contribution >= 0.6 is 0 Å². The second kappa shape index (κ2) is 6.03. The third-order valence-electron chi connectivity index (χ3n) is 5.33. The van der Waals surface area contributed by atoms with E-state index in [1.54, 1.807) is 0 Å². The van der Waals surface area contributed by atoms with Crippen molar-refractivity contribution < 1.29 is 0 Å². The Hall–Kier alpha value is -3.52. The SMILES string of the molecule is C=C1/C=C\C=C/N(c2ccc3c(c2)c2ccccc2n3C)c2ccccc21. The Balaban J connectivity index is 1.76. The normalized spacial score (nSPS) is 16.2. The molecule has 0 amide bonds. The van der Waals surface area contributed by atoms with Crippen molar-refractivity contribution in [1.82, 2.24) is 4.57 Å². The fourth-order valence-corrected chi connectivity index (χ4v) is 3.96. The topological polar surface area (TPSA) is 8.17 Å². The van der Waals surface area contributed by atoms with Crippen LogP contribution in [0.4, 0.5) is 11.4 Å². The van der Waals surface area contributed by atoms with Crippen LogP contribution in [0.3, 0.4) is 0 Å². The number of aryl methyl sites for hydroxylation is 1. The molecule has 0 N–H and O–H groups in total. The van der Waals surface area contributed by atoms with Gasteiger partial charge in [-0.2, -0.15) is 0 Å². The van der Waals surface area contributed by atoms with E-state index in [2.05, 4.69) is 108 Å². The molecule has 0 spiro atoms. The minimum absolute atomic E-state index is 1.02. The molecule has 3 aromatic carbocycles. The zero-order chi connectivity index (χ0) is 18.4. The number of allylic oxidation sites excluding steroid dienone is 4. The highest BCUT2D eigenvalue weighted by Crippen LogP contribution is 2.37. The molecule has 130 valence electrons. The lowest BCUT2D eigenvalue weighted by Gasteiger charge is -2.25. The van der Waals surface area contributed by atoms with E-state index in [9.17, 15) is 0 Å². The average molecular weight is 348 g/mol. The molecule has 0 saturated heterocycles. The summed E-state index contributed by atoms with van der Waals surface area (Å²) in [5, 5.41) is 2.55. The first-order chi connectivity index (χ1) is 13.2. The number of hydrogen-bond acceptors (Lipinski definition) is 1. The number of benzene rings is 3. The Morgan fingerprint density at radius 3 is 2.48 bits per heavy atom. The predicted molar refractivity (Wildman–Crippen MR) is 116 cm³/mol. The number of para-hydroxylation sites is 2. The maximum absolute atomic E-state index is 4.23. The summed E-state index contributed by atoms with van der Waals surface area (Å²) in [5.41, 5.74) is 6.95. The van der Waals surface area contributed by atoms with Crippen LogP contribution in [0.5, 0.6) is 0 Å². The highest BCUT2D eigenvalue weighted by atomic mass is 15.1. The van der Waals surface area contributed by atoms with Gasteiger partial charge in [0, 0.05) is 46.3 Å². The van der Waals surface area contributed by atoms with Gasteiger partial charge in [-0.05, 0) is 42.0 Å². The molecule has 2 heteroatoms. The standard InChI is InChI=1S/C25H20N2/c1-18-9-7-8-16-27(25-13-6-3-10-20(18)25)19-14-15-24-22(17-19)21-11-4-5-12-23(21)26(24)2/h3-17H,1H2,2H3/b9-7-,16-8-. The average Bonchev–Trinajstić information content (AvgIpc) is 2.99. The molecular weight excluding hydrogens is 328 g/mol. The first kappa shape index (κ1) is 15.7. The van der Waals surface area contributed by atoms with Crippen LogP contribution in [0.15, 0.2) is 97.7 Å². The molecule has 0 radical (unpaired) electrons. The van der Waals surface area contributed by atoms with Crippen LogP contribution in [0.1, 0.15) is 5.56 Å². The number of rotatable bonds is 1. The molecule has 1 aliphatic rings. The molecule has 0 saturated carbocycles. The van der Waals surface area contributed by atoms with Crippen LogP contribution in [0.25, 0.3) is 27.4 Å². The van der Waals surface area contributed by atoms with Crippen molar-refractivity contribution in [2.24, 2.45) is 7.05 Å². The van der Waals surface area contributed by atoms with Crippen molar-refractivity contribution in [2.75, 3.05) is 4.90 Å². The van der Waals surface area contributed by atoms with E-state index < -0.39 is 0 Å². The van der Waals surface area contributed by atoms with Crippen molar-refractivity contribution >= 4 is 38.8 Å². The van der Waals surface area contributed by atoms with Gasteiger partial charge in [-0.1, -0.05) is 55.1 Å². The van der Waals surface area contributed by atoms with Gasteiger partial charge in [0.1, 0.15) is 0 Å². The number of fused-ring (bicyclic) bond motifs is 4. The van der Waals surface area contributed by atoms with Crippen molar-refractivity contribution in [3.05, 3.63) is 103 Å². The minimum atomic E-state index is 1.02. The lowest BCUT2D eigenvalue weighted by molar-refractivity contribution is 1.01. The molecule has 27 heavy (non-hydrogen) atoms. The van der Waals surface area contributed by atoms with Crippen molar-refractivity contribution in [3.8, 4) is 0 Å². The van der Waals surface area contributed by atoms with Gasteiger partial charge in [-0.25, -0.2) is 0 Å². The van der Waals surface area contributed by atoms with Gasteiger partial charge < -0.3 is 9.47 Å². The molecule has 4 aromatic rings. The highest BCUT2D eigenvalue weighted by Gasteiger charge is 2.15. The molecule has 5 rings (SSSR count). The molecule has 0 fully saturated rings. The lowest BCUT2D eigenvalue weighted by Crippen LogP contribution is -2.11. The monoisotopic (exact) mass is 348 g/mol. The third-order valence-corrected chi connectivity index (χ3v) is 5.33. The Kier molecular flexibility index (Phi) is 3.51. The number of nitrogens with zero attached hydrogens (tertiary/aromatic N) is 2. The summed E-state index contributed by atoms with van der Waals surface area (Å²) in [7, 11) is 2.13. The Labute approximate surface area is 159 Å². The Bertz CT molecular complexity index is 1250. The minimum Gasteiger partial charge on any atom is -0.344 e. The number of aromatic nitrogens is 1. The molecule has 0 unspecified atom stereocenters. The van der Waals surface area contributed by atoms with Crippen LogP contribution in [-0.4, -0.2) is 4.57 Å². The van der Waals surface area contributed by atoms with E-state index in [0.717, 1.165) is 22.5 Å². The van der Waals surface area contributed by atoms with Crippen molar-refractivity contribution in [3.63, 3.8) is 0 Å². The van der Waals surface area contributed by atoms with Crippen LogP contribution in [-0.2, 0) is 7.05 Å². The molecule has 1 aliphatic heterocycles. The van der Waals surface area contributed by atoms with Crippen LogP contribution in [0, 0.1) is 0 Å². The maximum atomic E-state index is 4.23. The molecule has 1 aromatic heterocycles. The molecule has 2 heterocycles. The molecule has 0 bridgehead atoms. The maximum Gasteiger partial charge on any atom is 0.0533 e. The van der Waals surface area contributed by atoms with E-state index in [1.807, 2.05) is 6.08 Å². The van der Waals surface area contributed by atoms with E-state index in [1.165, 1.54) is 21.8 Å². The van der Waals surface area contributed by atoms with E-state index >= 15 is 0 Å². The number of anilines is 2. The molecule has 0 aliphatic carbocycles. The Morgan fingerprint density at radius 2 is 1.56 bits per heavy atom. The van der Waals surface area contributed by atoms with Gasteiger partial charge in [-0.3, -0.25) is 0 Å². The van der Waals surface area contributed by atoms with Gasteiger partial charge in [0.25, 0.3) is 0 Å². The smallest absolute Gasteiger partial charge is 0.0533 e. The first-order valence-corrected chi connectivity index (χ1v) is 9.13. The number of hydrogen-bond donors (Lipinski definition) is 0. The van der Waals surface area contributed by atoms with Crippen LogP contribution in [0.2, 0.25) is 0 Å². The predicted octanol–water partition coefficient (Wildman–Crippen LogP) is 6.57. The third kappa shape index (κ3) is 2.42. The second-order valence-corrected chi connectivity index (χ2v) is 6.89. The van der Waals surface area contributed by atoms with E-state index in [0.29, 0.717) is 0 Å². The summed E-state index contributed by atoms with van der Waals surface area (Å²) in [6.07, 6.45) is 8.28. The zero-order valence-electron chi connectivity index (χ0n) is 15.3. The summed E-state index contributed by atoms with van der Waals surface area (Å²) in [6.45, 7) is 4.23. The van der Waals surface area contributed by atoms with Crippen molar-refractivity contribution in [1.29, 1.82) is 0 Å². The molecule has 2 nitrogen and oxygen atoms in total. The summed E-state index contributed by atoms with van der Waals surface area (Å²) in [5.74, 6) is 0. The van der Waals surface area contributed by atoms with Gasteiger partial charge in [-0.15, -0.1) is 0 Å². The molecule has 0 atom stereocenters. The largest absolute Gasteiger partial charge is 0.344 e. The van der Waals surface area contributed by atoms with E-state index in [4.69, 9.17) is 0 Å². The highest BCUT2D eigenvalue weighted by molar-refractivity contribution is 6.09. The van der Waals surface area contributed by atoms with Gasteiger partial charge in [0.05, 0.1) is 5.69 Å². The van der Waals surface area contributed by atoms with Gasteiger partial charge >= 0.3 is 0 Å².